The number of nitrogens with one attached hydrogen (secondary N) is 1. The van der Waals surface area contributed by atoms with Gasteiger partial charge in [0.15, 0.2) is 6.29 Å². The van der Waals surface area contributed by atoms with Crippen molar-refractivity contribution < 1.29 is 18.7 Å². The van der Waals surface area contributed by atoms with E-state index in [1.807, 2.05) is 0 Å². The molecule has 0 aliphatic heterocycles. The zero-order valence-corrected chi connectivity index (χ0v) is 11.5. The van der Waals surface area contributed by atoms with Gasteiger partial charge in [0, 0.05) is 14.2 Å². The molecule has 0 saturated heterocycles. The first-order valence-electron chi connectivity index (χ1n) is 6.03. The van der Waals surface area contributed by atoms with Gasteiger partial charge in [-0.25, -0.2) is 4.39 Å². The first-order valence-corrected chi connectivity index (χ1v) is 6.03. The Labute approximate surface area is 119 Å². The summed E-state index contributed by atoms with van der Waals surface area (Å²) in [5.41, 5.74) is 0.495. The first kappa shape index (κ1) is 15.0. The van der Waals surface area contributed by atoms with Gasteiger partial charge >= 0.3 is 0 Å². The fraction of sp³-hybridized carbons (Fsp3) is 0.333. The number of tetrazole rings is 1. The van der Waals surface area contributed by atoms with Crippen LogP contribution in [0.25, 0.3) is 5.69 Å². The van der Waals surface area contributed by atoms with E-state index in [9.17, 15) is 9.18 Å². The molecule has 1 aromatic heterocycles. The van der Waals surface area contributed by atoms with Crippen molar-refractivity contribution >= 4 is 5.91 Å². The smallest absolute Gasteiger partial charge is 0.293 e. The molecule has 21 heavy (non-hydrogen) atoms. The first-order chi connectivity index (χ1) is 10.1. The van der Waals surface area contributed by atoms with Gasteiger partial charge in [-0.15, -0.1) is 15.0 Å². The number of amides is 1. The lowest BCUT2D eigenvalue weighted by atomic mass is 10.3. The van der Waals surface area contributed by atoms with Gasteiger partial charge in [-0.1, -0.05) is 0 Å². The molecule has 0 unspecified atom stereocenters. The van der Waals surface area contributed by atoms with Gasteiger partial charge in [-0.2, -0.15) is 0 Å². The summed E-state index contributed by atoms with van der Waals surface area (Å²) in [5, 5.41) is 13.8. The van der Waals surface area contributed by atoms with Gasteiger partial charge in [-0.05, 0) is 29.5 Å². The van der Waals surface area contributed by atoms with E-state index < -0.39 is 12.2 Å². The number of hydrogen-bond donors (Lipinski definition) is 1. The molecule has 0 bridgehead atoms. The predicted molar refractivity (Wildman–Crippen MR) is 69.3 cm³/mol. The molecular formula is C12H14FN5O3. The highest BCUT2D eigenvalue weighted by Crippen LogP contribution is 2.05. The van der Waals surface area contributed by atoms with Crippen molar-refractivity contribution in [2.75, 3.05) is 20.8 Å². The maximum Gasteiger partial charge on any atom is 0.293 e. The minimum atomic E-state index is -0.555. The maximum atomic E-state index is 12.8. The molecule has 0 fully saturated rings. The van der Waals surface area contributed by atoms with Crippen LogP contribution in [0.5, 0.6) is 0 Å². The quantitative estimate of drug-likeness (QED) is 0.763. The van der Waals surface area contributed by atoms with Crippen molar-refractivity contribution in [3.8, 4) is 5.69 Å². The lowest BCUT2D eigenvalue weighted by Gasteiger charge is -2.12. The Kier molecular flexibility index (Phi) is 4.90. The summed E-state index contributed by atoms with van der Waals surface area (Å²) >= 11 is 0. The van der Waals surface area contributed by atoms with Gasteiger partial charge in [0.1, 0.15) is 5.82 Å². The molecule has 2 rings (SSSR count). The molecule has 0 aliphatic carbocycles. The lowest BCUT2D eigenvalue weighted by Crippen LogP contribution is -2.34. The Bertz CT molecular complexity index is 597. The molecule has 2 aromatic rings. The molecule has 112 valence electrons. The predicted octanol–water partition coefficient (Wildman–Crippen LogP) is 0.150. The summed E-state index contributed by atoms with van der Waals surface area (Å²) in [4.78, 5) is 13.0. The number of methoxy groups -OCH3 is 2. The monoisotopic (exact) mass is 295 g/mol. The summed E-state index contributed by atoms with van der Waals surface area (Å²) in [7, 11) is 2.92. The Morgan fingerprint density at radius 3 is 2.62 bits per heavy atom. The minimum absolute atomic E-state index is 0.106. The summed E-state index contributed by atoms with van der Waals surface area (Å²) in [5.74, 6) is -0.991. The second kappa shape index (κ2) is 6.86. The molecule has 0 radical (unpaired) electrons. The molecule has 9 heteroatoms. The summed E-state index contributed by atoms with van der Waals surface area (Å²) in [6.45, 7) is 0.150. The average molecular weight is 295 g/mol. The van der Waals surface area contributed by atoms with Gasteiger partial charge in [0.05, 0.1) is 12.2 Å². The molecule has 1 N–H and O–H groups in total. The lowest BCUT2D eigenvalue weighted by molar-refractivity contribution is -0.0974. The van der Waals surface area contributed by atoms with E-state index in [4.69, 9.17) is 9.47 Å². The topological polar surface area (TPSA) is 91.2 Å². The molecule has 1 aromatic carbocycles. The third kappa shape index (κ3) is 3.80. The number of ether oxygens (including phenoxy) is 2. The van der Waals surface area contributed by atoms with Crippen LogP contribution in [0.3, 0.4) is 0 Å². The molecule has 1 heterocycles. The molecular weight excluding hydrogens is 281 g/mol. The van der Waals surface area contributed by atoms with E-state index in [2.05, 4.69) is 20.7 Å². The molecule has 0 saturated carbocycles. The molecule has 8 nitrogen and oxygen atoms in total. The van der Waals surface area contributed by atoms with Crippen LogP contribution in [0.4, 0.5) is 4.39 Å². The molecule has 0 aliphatic rings. The van der Waals surface area contributed by atoms with E-state index in [0.717, 1.165) is 4.80 Å². The van der Waals surface area contributed by atoms with Crippen LogP contribution in [-0.2, 0) is 9.47 Å². The standard InChI is InChI=1S/C12H14FN5O3/c1-20-10(21-2)7-14-12(19)11-15-17-18(16-11)9-5-3-8(13)4-6-9/h3-6,10H,7H2,1-2H3,(H,14,19). The third-order valence-corrected chi connectivity index (χ3v) is 2.63. The Morgan fingerprint density at radius 2 is 2.00 bits per heavy atom. The second-order valence-electron chi connectivity index (χ2n) is 3.99. The molecule has 0 atom stereocenters. The minimum Gasteiger partial charge on any atom is -0.354 e. The maximum absolute atomic E-state index is 12.8. The Morgan fingerprint density at radius 1 is 1.33 bits per heavy atom. The van der Waals surface area contributed by atoms with Crippen LogP contribution in [0, 0.1) is 5.82 Å². The van der Waals surface area contributed by atoms with Crippen molar-refractivity contribution in [2.24, 2.45) is 0 Å². The van der Waals surface area contributed by atoms with Crippen LogP contribution in [0.15, 0.2) is 24.3 Å². The van der Waals surface area contributed by atoms with E-state index in [-0.39, 0.29) is 18.2 Å². The number of carbonyl (C=O) groups is 1. The third-order valence-electron chi connectivity index (χ3n) is 2.63. The Hall–Kier alpha value is -2.39. The normalized spacial score (nSPS) is 10.9. The van der Waals surface area contributed by atoms with E-state index in [1.54, 1.807) is 0 Å². The van der Waals surface area contributed by atoms with Crippen molar-refractivity contribution in [2.45, 2.75) is 6.29 Å². The average Bonchev–Trinajstić information content (AvgIpc) is 2.99. The molecule has 1 amide bonds. The van der Waals surface area contributed by atoms with E-state index in [0.29, 0.717) is 5.69 Å². The van der Waals surface area contributed by atoms with E-state index >= 15 is 0 Å². The summed E-state index contributed by atoms with van der Waals surface area (Å²) < 4.78 is 22.7. The zero-order chi connectivity index (χ0) is 15.2. The van der Waals surface area contributed by atoms with Crippen molar-refractivity contribution in [1.82, 2.24) is 25.5 Å². The number of aromatic nitrogens is 4. The van der Waals surface area contributed by atoms with Crippen LogP contribution < -0.4 is 5.32 Å². The number of benzene rings is 1. The number of rotatable bonds is 6. The fourth-order valence-corrected chi connectivity index (χ4v) is 1.51. The van der Waals surface area contributed by atoms with Gasteiger partial charge in [0.25, 0.3) is 11.7 Å². The van der Waals surface area contributed by atoms with Crippen molar-refractivity contribution in [3.63, 3.8) is 0 Å². The number of carbonyl (C=O) groups excluding carboxylic acids is 1. The fourth-order valence-electron chi connectivity index (χ4n) is 1.51. The number of hydrogen-bond acceptors (Lipinski definition) is 6. The number of nitrogens with zero attached hydrogens (tertiary/aromatic N) is 4. The molecule has 0 spiro atoms. The van der Waals surface area contributed by atoms with E-state index in [1.165, 1.54) is 38.5 Å². The van der Waals surface area contributed by atoms with Crippen molar-refractivity contribution in [1.29, 1.82) is 0 Å². The van der Waals surface area contributed by atoms with Crippen LogP contribution >= 0.6 is 0 Å². The second-order valence-corrected chi connectivity index (χ2v) is 3.99. The number of halogens is 1. The van der Waals surface area contributed by atoms with Crippen LogP contribution in [-0.4, -0.2) is 53.2 Å². The highest BCUT2D eigenvalue weighted by molar-refractivity contribution is 5.90. The SMILES string of the molecule is COC(CNC(=O)c1nnn(-c2ccc(F)cc2)n1)OC. The van der Waals surface area contributed by atoms with Crippen LogP contribution in [0.1, 0.15) is 10.6 Å². The largest absolute Gasteiger partial charge is 0.354 e. The zero-order valence-electron chi connectivity index (χ0n) is 11.5. The van der Waals surface area contributed by atoms with Crippen LogP contribution in [0.2, 0.25) is 0 Å². The summed E-state index contributed by atoms with van der Waals surface area (Å²) in [6, 6.07) is 5.48. The van der Waals surface area contributed by atoms with Gasteiger partial charge in [-0.3, -0.25) is 4.79 Å². The highest BCUT2D eigenvalue weighted by atomic mass is 19.1. The van der Waals surface area contributed by atoms with Crippen molar-refractivity contribution in [3.05, 3.63) is 35.9 Å². The summed E-state index contributed by atoms with van der Waals surface area (Å²) in [6.07, 6.45) is -0.555. The highest BCUT2D eigenvalue weighted by Gasteiger charge is 2.15. The van der Waals surface area contributed by atoms with Gasteiger partial charge in [0.2, 0.25) is 0 Å². The van der Waals surface area contributed by atoms with Gasteiger partial charge < -0.3 is 14.8 Å². The Balaban J connectivity index is 2.02.